The van der Waals surface area contributed by atoms with Crippen LogP contribution in [0.3, 0.4) is 0 Å². The van der Waals surface area contributed by atoms with Gasteiger partial charge in [-0.3, -0.25) is 4.57 Å². The average molecular weight is 353 g/mol. The average Bonchev–Trinajstić information content (AvgIpc) is 2.99. The first kappa shape index (κ1) is 16.1. The maximum absolute atomic E-state index is 14.3. The fourth-order valence-corrected chi connectivity index (χ4v) is 6.19. The number of morpholine rings is 2. The summed E-state index contributed by atoms with van der Waals surface area (Å²) in [6, 6.07) is 7.10. The largest absolute Gasteiger partial charge is 0.427 e. The Balaban J connectivity index is 1.89. The van der Waals surface area contributed by atoms with Crippen molar-refractivity contribution in [3.8, 4) is 0 Å². The molecule has 8 nitrogen and oxygen atoms in total. The van der Waals surface area contributed by atoms with Gasteiger partial charge < -0.3 is 13.9 Å². The van der Waals surface area contributed by atoms with Crippen LogP contribution in [0.15, 0.2) is 33.5 Å². The predicted molar refractivity (Wildman–Crippen MR) is 88.3 cm³/mol. The summed E-state index contributed by atoms with van der Waals surface area (Å²) in [6.45, 7) is 4.05. The third kappa shape index (κ3) is 2.55. The van der Waals surface area contributed by atoms with Crippen LogP contribution in [0.1, 0.15) is 0 Å². The van der Waals surface area contributed by atoms with Gasteiger partial charge in [0.15, 0.2) is 5.58 Å². The van der Waals surface area contributed by atoms with Crippen LogP contribution in [0.4, 0.5) is 0 Å². The van der Waals surface area contributed by atoms with Crippen LogP contribution in [0, 0.1) is 0 Å². The fraction of sp³-hybridized carbons (Fsp3) is 0.533. The molecule has 0 amide bonds. The van der Waals surface area contributed by atoms with Crippen molar-refractivity contribution in [2.75, 3.05) is 52.6 Å². The standard InChI is InChI=1S/C15H20N3O5P/c19-15-18(13-3-1-2-4-14(13)23-15)24(20,16-5-9-21-10-6-16)17-7-11-22-12-8-17/h1-4H,5-12H2. The lowest BCUT2D eigenvalue weighted by Crippen LogP contribution is -2.46. The zero-order valence-corrected chi connectivity index (χ0v) is 14.2. The number of benzene rings is 1. The lowest BCUT2D eigenvalue weighted by Gasteiger charge is -2.41. The zero-order chi connectivity index (χ0) is 16.6. The highest BCUT2D eigenvalue weighted by Gasteiger charge is 2.43. The van der Waals surface area contributed by atoms with E-state index in [0.29, 0.717) is 63.7 Å². The molecule has 1 aromatic carbocycles. The van der Waals surface area contributed by atoms with E-state index in [2.05, 4.69) is 0 Å². The molecule has 0 radical (unpaired) electrons. The maximum Gasteiger partial charge on any atom is 0.427 e. The second kappa shape index (κ2) is 6.46. The van der Waals surface area contributed by atoms with Crippen LogP contribution in [-0.4, -0.2) is 66.3 Å². The molecule has 0 saturated carbocycles. The summed E-state index contributed by atoms with van der Waals surface area (Å²) in [6.07, 6.45) is 0. The predicted octanol–water partition coefficient (Wildman–Crippen LogP) is 1.22. The van der Waals surface area contributed by atoms with Crippen LogP contribution in [0.25, 0.3) is 11.1 Å². The van der Waals surface area contributed by atoms with Crippen LogP contribution in [-0.2, 0) is 14.0 Å². The minimum atomic E-state index is -3.34. The third-order valence-electron chi connectivity index (χ3n) is 4.44. The van der Waals surface area contributed by atoms with E-state index in [4.69, 9.17) is 13.9 Å². The molecule has 3 heterocycles. The van der Waals surface area contributed by atoms with Gasteiger partial charge in [-0.1, -0.05) is 12.1 Å². The van der Waals surface area contributed by atoms with Gasteiger partial charge in [0.05, 0.1) is 31.9 Å². The smallest absolute Gasteiger partial charge is 0.407 e. The Labute approximate surface area is 139 Å². The van der Waals surface area contributed by atoms with Crippen molar-refractivity contribution < 1.29 is 18.5 Å². The van der Waals surface area contributed by atoms with Gasteiger partial charge in [0.2, 0.25) is 0 Å². The van der Waals surface area contributed by atoms with E-state index >= 15 is 0 Å². The Morgan fingerprint density at radius 1 is 0.875 bits per heavy atom. The van der Waals surface area contributed by atoms with Gasteiger partial charge in [0, 0.05) is 26.2 Å². The number of nitrogens with zero attached hydrogens (tertiary/aromatic N) is 3. The minimum absolute atomic E-state index is 0.448. The molecular weight excluding hydrogens is 333 g/mol. The van der Waals surface area contributed by atoms with E-state index in [1.165, 1.54) is 4.34 Å². The summed E-state index contributed by atoms with van der Waals surface area (Å²) in [5.41, 5.74) is 1.01. The van der Waals surface area contributed by atoms with Crippen LogP contribution in [0.2, 0.25) is 0 Å². The first-order valence-electron chi connectivity index (χ1n) is 8.09. The van der Waals surface area contributed by atoms with E-state index in [0.717, 1.165) is 0 Å². The molecular formula is C15H20N3O5P. The normalized spacial score (nSPS) is 21.3. The van der Waals surface area contributed by atoms with Crippen molar-refractivity contribution in [1.82, 2.24) is 13.7 Å². The van der Waals surface area contributed by atoms with Crippen molar-refractivity contribution in [3.05, 3.63) is 34.8 Å². The summed E-state index contributed by atoms with van der Waals surface area (Å²) in [5, 5.41) is 0. The molecule has 2 aromatic rings. The Morgan fingerprint density at radius 3 is 2.00 bits per heavy atom. The summed E-state index contributed by atoms with van der Waals surface area (Å²) >= 11 is 0. The molecule has 130 valence electrons. The molecule has 2 aliphatic heterocycles. The van der Waals surface area contributed by atoms with Gasteiger partial charge in [0.25, 0.3) is 0 Å². The number of rotatable bonds is 3. The highest BCUT2D eigenvalue weighted by molar-refractivity contribution is 7.57. The summed E-state index contributed by atoms with van der Waals surface area (Å²) < 4.78 is 35.5. The topological polar surface area (TPSA) is 77.2 Å². The molecule has 4 rings (SSSR count). The van der Waals surface area contributed by atoms with E-state index in [-0.39, 0.29) is 0 Å². The van der Waals surface area contributed by atoms with Gasteiger partial charge in [-0.05, 0) is 12.1 Å². The molecule has 2 aliphatic rings. The van der Waals surface area contributed by atoms with Crippen LogP contribution >= 0.6 is 7.59 Å². The molecule has 0 atom stereocenters. The lowest BCUT2D eigenvalue weighted by atomic mass is 10.3. The summed E-state index contributed by atoms with van der Waals surface area (Å²) in [7, 11) is -3.34. The maximum atomic E-state index is 14.3. The monoisotopic (exact) mass is 353 g/mol. The lowest BCUT2D eigenvalue weighted by molar-refractivity contribution is 0.0511. The minimum Gasteiger partial charge on any atom is -0.407 e. The van der Waals surface area contributed by atoms with Gasteiger partial charge >= 0.3 is 13.4 Å². The molecule has 0 unspecified atom stereocenters. The van der Waals surface area contributed by atoms with E-state index < -0.39 is 13.4 Å². The van der Waals surface area contributed by atoms with E-state index in [9.17, 15) is 9.36 Å². The molecule has 0 bridgehead atoms. The molecule has 0 aliphatic carbocycles. The first-order chi connectivity index (χ1) is 11.7. The van der Waals surface area contributed by atoms with E-state index in [1.807, 2.05) is 15.4 Å². The zero-order valence-electron chi connectivity index (χ0n) is 13.3. The van der Waals surface area contributed by atoms with Crippen molar-refractivity contribution in [2.45, 2.75) is 0 Å². The Hall–Kier alpha value is -1.44. The number of para-hydroxylation sites is 2. The Bertz CT molecular complexity index is 798. The highest BCUT2D eigenvalue weighted by Crippen LogP contribution is 2.55. The number of hydrogen-bond donors (Lipinski definition) is 0. The number of fused-ring (bicyclic) bond motifs is 1. The van der Waals surface area contributed by atoms with Gasteiger partial charge in [-0.25, -0.2) is 14.1 Å². The van der Waals surface area contributed by atoms with Gasteiger partial charge in [-0.2, -0.15) is 4.34 Å². The fourth-order valence-electron chi connectivity index (χ4n) is 3.26. The number of ether oxygens (including phenoxy) is 2. The Morgan fingerprint density at radius 2 is 1.42 bits per heavy atom. The molecule has 9 heteroatoms. The summed E-state index contributed by atoms with van der Waals surface area (Å²) in [5.74, 6) is -0.586. The number of oxazole rings is 1. The van der Waals surface area contributed by atoms with Crippen molar-refractivity contribution in [1.29, 1.82) is 0 Å². The van der Waals surface area contributed by atoms with Gasteiger partial charge in [0.1, 0.15) is 0 Å². The second-order valence-corrected chi connectivity index (χ2v) is 8.35. The third-order valence-corrected chi connectivity index (χ3v) is 7.61. The van der Waals surface area contributed by atoms with Crippen molar-refractivity contribution in [3.63, 3.8) is 0 Å². The quantitative estimate of drug-likeness (QED) is 0.768. The van der Waals surface area contributed by atoms with E-state index in [1.54, 1.807) is 18.2 Å². The number of aromatic nitrogens is 1. The van der Waals surface area contributed by atoms with Crippen molar-refractivity contribution >= 4 is 18.7 Å². The Kier molecular flexibility index (Phi) is 4.32. The number of hydrogen-bond acceptors (Lipinski definition) is 5. The molecule has 2 saturated heterocycles. The van der Waals surface area contributed by atoms with Gasteiger partial charge in [-0.15, -0.1) is 0 Å². The second-order valence-electron chi connectivity index (χ2n) is 5.79. The van der Waals surface area contributed by atoms with Crippen molar-refractivity contribution in [2.24, 2.45) is 0 Å². The molecule has 1 aromatic heterocycles. The molecule has 0 spiro atoms. The van der Waals surface area contributed by atoms with Crippen LogP contribution in [0.5, 0.6) is 0 Å². The highest BCUT2D eigenvalue weighted by atomic mass is 31.2. The molecule has 0 N–H and O–H groups in total. The first-order valence-corrected chi connectivity index (χ1v) is 9.65. The molecule has 24 heavy (non-hydrogen) atoms. The SMILES string of the molecule is O=c1oc2ccccc2n1P(=O)(N1CCOCC1)N1CCOCC1. The molecule has 2 fully saturated rings. The van der Waals surface area contributed by atoms with Crippen LogP contribution < -0.4 is 5.76 Å². The summed E-state index contributed by atoms with van der Waals surface area (Å²) in [4.78, 5) is 12.6.